The van der Waals surface area contributed by atoms with E-state index in [1.807, 2.05) is 18.2 Å². The van der Waals surface area contributed by atoms with E-state index in [0.29, 0.717) is 46.3 Å². The molecule has 0 aliphatic heterocycles. The summed E-state index contributed by atoms with van der Waals surface area (Å²) in [5, 5.41) is 10.0. The van der Waals surface area contributed by atoms with Crippen LogP contribution in [0.25, 0.3) is 0 Å². The van der Waals surface area contributed by atoms with Crippen LogP contribution in [0.4, 0.5) is 0 Å². The van der Waals surface area contributed by atoms with Crippen LogP contribution in [0, 0.1) is 6.92 Å². The zero-order valence-electron chi connectivity index (χ0n) is 16.1. The summed E-state index contributed by atoms with van der Waals surface area (Å²) in [5.74, 6) is 2.75. The number of esters is 1. The molecular formula is C20H20ClN3O4S. The third-order valence-electron chi connectivity index (χ3n) is 4.56. The monoisotopic (exact) mass is 433 g/mol. The van der Waals surface area contributed by atoms with Gasteiger partial charge in [0.15, 0.2) is 11.0 Å². The van der Waals surface area contributed by atoms with Gasteiger partial charge in [-0.3, -0.25) is 4.57 Å². The van der Waals surface area contributed by atoms with Crippen molar-refractivity contribution in [1.82, 2.24) is 14.8 Å². The van der Waals surface area contributed by atoms with Crippen LogP contribution in [0.3, 0.4) is 0 Å². The molecule has 0 saturated heterocycles. The molecule has 4 rings (SSSR count). The van der Waals surface area contributed by atoms with Crippen LogP contribution in [0.15, 0.2) is 39.9 Å². The fourth-order valence-electron chi connectivity index (χ4n) is 2.97. The zero-order valence-corrected chi connectivity index (χ0v) is 17.6. The molecule has 3 aromatic rings. The number of carbonyl (C=O) groups is 1. The summed E-state index contributed by atoms with van der Waals surface area (Å²) in [5.41, 5.74) is 0.445. The van der Waals surface area contributed by atoms with E-state index in [4.69, 9.17) is 25.5 Å². The molecule has 29 heavy (non-hydrogen) atoms. The molecule has 1 saturated carbocycles. The van der Waals surface area contributed by atoms with Crippen LogP contribution < -0.4 is 4.74 Å². The van der Waals surface area contributed by atoms with Crippen LogP contribution in [-0.2, 0) is 17.1 Å². The molecule has 0 unspecified atom stereocenters. The van der Waals surface area contributed by atoms with Gasteiger partial charge in [0.25, 0.3) is 0 Å². The highest BCUT2D eigenvalue weighted by molar-refractivity contribution is 7.98. The molecule has 0 amide bonds. The second-order valence-corrected chi connectivity index (χ2v) is 8.03. The molecule has 0 bridgehead atoms. The maximum Gasteiger partial charge on any atom is 0.341 e. The van der Waals surface area contributed by atoms with Gasteiger partial charge in [-0.15, -0.1) is 10.2 Å². The number of nitrogens with zero attached hydrogens (tertiary/aromatic N) is 3. The average molecular weight is 434 g/mol. The molecule has 0 N–H and O–H groups in total. The normalized spacial score (nSPS) is 13.5. The van der Waals surface area contributed by atoms with Crippen LogP contribution in [-0.4, -0.2) is 27.8 Å². The predicted octanol–water partition coefficient (Wildman–Crippen LogP) is 4.83. The summed E-state index contributed by atoms with van der Waals surface area (Å²) in [7, 11) is 1.35. The second kappa shape index (κ2) is 8.51. The number of aromatic nitrogens is 3. The van der Waals surface area contributed by atoms with Gasteiger partial charge in [-0.25, -0.2) is 4.79 Å². The molecule has 9 heteroatoms. The number of thioether (sulfide) groups is 1. The highest BCUT2D eigenvalue weighted by Gasteiger charge is 2.30. The minimum Gasteiger partial charge on any atom is -0.484 e. The Morgan fingerprint density at radius 1 is 1.34 bits per heavy atom. The number of carbonyl (C=O) groups excluding carboxylic acids is 1. The number of para-hydroxylation sites is 1. The van der Waals surface area contributed by atoms with Crippen molar-refractivity contribution in [2.24, 2.45) is 0 Å². The number of hydrogen-bond donors (Lipinski definition) is 0. The zero-order chi connectivity index (χ0) is 20.4. The molecule has 0 spiro atoms. The summed E-state index contributed by atoms with van der Waals surface area (Å²) in [6, 6.07) is 9.46. The Bertz CT molecular complexity index is 1030. The lowest BCUT2D eigenvalue weighted by atomic mass is 10.2. The number of rotatable bonds is 8. The number of halogens is 1. The molecule has 152 valence electrons. The average Bonchev–Trinajstić information content (AvgIpc) is 3.37. The number of ether oxygens (including phenoxy) is 2. The number of hydrogen-bond acceptors (Lipinski definition) is 7. The van der Waals surface area contributed by atoms with Crippen molar-refractivity contribution in [1.29, 1.82) is 0 Å². The summed E-state index contributed by atoms with van der Waals surface area (Å²) >= 11 is 7.68. The SMILES string of the molecule is COC(=O)c1cc(CSc2nnc(COc3ccccc3Cl)n2C2CC2)oc1C. The lowest BCUT2D eigenvalue weighted by Crippen LogP contribution is -2.07. The number of methoxy groups -OCH3 is 1. The molecule has 2 aromatic heterocycles. The lowest BCUT2D eigenvalue weighted by molar-refractivity contribution is 0.0599. The fourth-order valence-corrected chi connectivity index (χ4v) is 4.07. The van der Waals surface area contributed by atoms with Crippen molar-refractivity contribution in [2.75, 3.05) is 7.11 Å². The van der Waals surface area contributed by atoms with Gasteiger partial charge < -0.3 is 13.9 Å². The van der Waals surface area contributed by atoms with Crippen molar-refractivity contribution in [3.63, 3.8) is 0 Å². The molecule has 1 aliphatic carbocycles. The van der Waals surface area contributed by atoms with Gasteiger partial charge in [0.1, 0.15) is 29.4 Å². The minimum absolute atomic E-state index is 0.292. The van der Waals surface area contributed by atoms with Gasteiger partial charge in [-0.2, -0.15) is 0 Å². The molecule has 1 fully saturated rings. The molecular weight excluding hydrogens is 414 g/mol. The number of benzene rings is 1. The van der Waals surface area contributed by atoms with Gasteiger partial charge in [-0.05, 0) is 38.0 Å². The van der Waals surface area contributed by atoms with Gasteiger partial charge in [-0.1, -0.05) is 35.5 Å². The maximum absolute atomic E-state index is 11.8. The van der Waals surface area contributed by atoms with Crippen LogP contribution in [0.1, 0.15) is 46.6 Å². The Labute approximate surface area is 177 Å². The van der Waals surface area contributed by atoms with Crippen LogP contribution in [0.2, 0.25) is 5.02 Å². The third kappa shape index (κ3) is 4.43. The number of aryl methyl sites for hydroxylation is 1. The van der Waals surface area contributed by atoms with Gasteiger partial charge in [0.05, 0.1) is 17.9 Å². The Morgan fingerprint density at radius 2 is 2.14 bits per heavy atom. The van der Waals surface area contributed by atoms with E-state index >= 15 is 0 Å². The quantitative estimate of drug-likeness (QED) is 0.372. The Hall–Kier alpha value is -2.45. The third-order valence-corrected chi connectivity index (χ3v) is 5.84. The van der Waals surface area contributed by atoms with E-state index < -0.39 is 5.97 Å². The van der Waals surface area contributed by atoms with E-state index in [1.165, 1.54) is 18.9 Å². The summed E-state index contributed by atoms with van der Waals surface area (Å²) in [6.45, 7) is 2.04. The van der Waals surface area contributed by atoms with Gasteiger partial charge in [0.2, 0.25) is 0 Å². The molecule has 1 aromatic carbocycles. The van der Waals surface area contributed by atoms with Gasteiger partial charge >= 0.3 is 5.97 Å². The maximum atomic E-state index is 11.8. The van der Waals surface area contributed by atoms with Crippen LogP contribution in [0.5, 0.6) is 5.75 Å². The smallest absolute Gasteiger partial charge is 0.341 e. The van der Waals surface area contributed by atoms with E-state index in [9.17, 15) is 4.79 Å². The Kier molecular flexibility index (Phi) is 5.82. The summed E-state index contributed by atoms with van der Waals surface area (Å²) < 4.78 is 18.4. The molecule has 0 radical (unpaired) electrons. The summed E-state index contributed by atoms with van der Waals surface area (Å²) in [4.78, 5) is 11.8. The predicted molar refractivity (Wildman–Crippen MR) is 108 cm³/mol. The first-order valence-corrected chi connectivity index (χ1v) is 10.5. The van der Waals surface area contributed by atoms with E-state index in [1.54, 1.807) is 19.1 Å². The minimum atomic E-state index is -0.400. The molecule has 7 nitrogen and oxygen atoms in total. The van der Waals surface area contributed by atoms with Crippen LogP contribution >= 0.6 is 23.4 Å². The van der Waals surface area contributed by atoms with Crippen molar-refractivity contribution in [3.8, 4) is 5.75 Å². The first-order chi connectivity index (χ1) is 14.1. The lowest BCUT2D eigenvalue weighted by Gasteiger charge is -2.10. The molecule has 2 heterocycles. The number of furan rings is 1. The second-order valence-electron chi connectivity index (χ2n) is 6.68. The topological polar surface area (TPSA) is 79.4 Å². The van der Waals surface area contributed by atoms with Crippen molar-refractivity contribution >= 4 is 29.3 Å². The first kappa shape index (κ1) is 19.8. The van der Waals surface area contributed by atoms with Gasteiger partial charge in [0, 0.05) is 6.04 Å². The van der Waals surface area contributed by atoms with E-state index in [-0.39, 0.29) is 0 Å². The standard InChI is InChI=1S/C20H20ClN3O4S/c1-12-15(19(25)26-2)9-14(28-12)11-29-20-23-22-18(24(20)13-7-8-13)10-27-17-6-4-3-5-16(17)21/h3-6,9,13H,7-8,10-11H2,1-2H3. The first-order valence-electron chi connectivity index (χ1n) is 9.18. The van der Waals surface area contributed by atoms with Crippen molar-refractivity contribution in [3.05, 3.63) is 58.3 Å². The van der Waals surface area contributed by atoms with Crippen molar-refractivity contribution in [2.45, 2.75) is 43.3 Å². The highest BCUT2D eigenvalue weighted by atomic mass is 35.5. The Morgan fingerprint density at radius 3 is 2.86 bits per heavy atom. The molecule has 1 aliphatic rings. The molecule has 0 atom stereocenters. The Balaban J connectivity index is 1.46. The van der Waals surface area contributed by atoms with E-state index in [0.717, 1.165) is 23.8 Å². The fraction of sp³-hybridized carbons (Fsp3) is 0.350. The largest absolute Gasteiger partial charge is 0.484 e. The van der Waals surface area contributed by atoms with Crippen molar-refractivity contribution < 1.29 is 18.7 Å². The summed E-state index contributed by atoms with van der Waals surface area (Å²) in [6.07, 6.45) is 2.19. The van der Waals surface area contributed by atoms with E-state index in [2.05, 4.69) is 14.8 Å². The highest BCUT2D eigenvalue weighted by Crippen LogP contribution is 2.39.